The lowest BCUT2D eigenvalue weighted by Gasteiger charge is -2.33. The van der Waals surface area contributed by atoms with E-state index in [1.54, 1.807) is 27.7 Å². The number of carbonyl (C=O) groups excluding carboxylic acids is 4. The largest absolute Gasteiger partial charge is 0.489 e. The third-order valence-electron chi connectivity index (χ3n) is 8.13. The second-order valence-corrected chi connectivity index (χ2v) is 12.9. The van der Waals surface area contributed by atoms with Crippen molar-refractivity contribution in [2.45, 2.75) is 71.5 Å². The van der Waals surface area contributed by atoms with E-state index in [0.717, 1.165) is 16.7 Å². The van der Waals surface area contributed by atoms with Crippen LogP contribution in [0.3, 0.4) is 0 Å². The van der Waals surface area contributed by atoms with Crippen molar-refractivity contribution >= 4 is 24.0 Å². The van der Waals surface area contributed by atoms with Gasteiger partial charge in [0, 0.05) is 13.1 Å². The molecule has 3 aromatic rings. The summed E-state index contributed by atoms with van der Waals surface area (Å²) in [4.78, 5) is 51.2. The Morgan fingerprint density at radius 1 is 0.667 bits per heavy atom. The van der Waals surface area contributed by atoms with Crippen LogP contribution in [0.1, 0.15) is 44.4 Å². The van der Waals surface area contributed by atoms with Crippen LogP contribution >= 0.6 is 0 Å². The van der Waals surface area contributed by atoms with Gasteiger partial charge in [-0.3, -0.25) is 15.0 Å². The molecule has 3 rings (SSSR count). The van der Waals surface area contributed by atoms with E-state index in [1.165, 1.54) is 19.2 Å². The Labute approximate surface area is 300 Å². The maximum Gasteiger partial charge on any atom is 0.407 e. The van der Waals surface area contributed by atoms with Crippen LogP contribution in [0.5, 0.6) is 5.75 Å². The smallest absolute Gasteiger partial charge is 0.407 e. The Bertz CT molecular complexity index is 1520. The molecule has 0 aliphatic heterocycles. The van der Waals surface area contributed by atoms with E-state index in [1.807, 2.05) is 84.9 Å². The van der Waals surface area contributed by atoms with Crippen molar-refractivity contribution in [1.82, 2.24) is 26.4 Å². The van der Waals surface area contributed by atoms with Crippen LogP contribution in [0.2, 0.25) is 0 Å². The molecule has 0 saturated heterocycles. The molecular weight excluding hydrogens is 654 g/mol. The van der Waals surface area contributed by atoms with Crippen molar-refractivity contribution in [2.24, 2.45) is 11.8 Å². The summed E-state index contributed by atoms with van der Waals surface area (Å²) in [5, 5.41) is 21.3. The van der Waals surface area contributed by atoms with Crippen molar-refractivity contribution in [3.63, 3.8) is 0 Å². The average molecular weight is 706 g/mol. The Balaban J connectivity index is 1.87. The molecule has 51 heavy (non-hydrogen) atoms. The SMILES string of the molecule is COC(=O)N[C@H](C(=O)NC(Cc1ccccc1)C(O)CN(Cc1ccc(OCc2ccccc2)cc1)NC(=O)[C@@H](NC(=O)OC)C(C)C)C(C)C. The maximum atomic E-state index is 13.6. The monoisotopic (exact) mass is 705 g/mol. The second kappa shape index (κ2) is 20.5. The number of nitrogens with zero attached hydrogens (tertiary/aromatic N) is 1. The van der Waals surface area contributed by atoms with Gasteiger partial charge in [-0.2, -0.15) is 0 Å². The van der Waals surface area contributed by atoms with Gasteiger partial charge in [0.1, 0.15) is 24.4 Å². The number of aliphatic hydroxyl groups is 1. The zero-order chi connectivity index (χ0) is 37.3. The van der Waals surface area contributed by atoms with Gasteiger partial charge in [0.05, 0.1) is 26.4 Å². The van der Waals surface area contributed by atoms with Gasteiger partial charge in [0.25, 0.3) is 5.91 Å². The van der Waals surface area contributed by atoms with Crippen LogP contribution < -0.4 is 26.1 Å². The quantitative estimate of drug-likeness (QED) is 0.123. The van der Waals surface area contributed by atoms with E-state index in [2.05, 4.69) is 21.4 Å². The predicted molar refractivity (Wildman–Crippen MR) is 192 cm³/mol. The first-order chi connectivity index (χ1) is 24.4. The summed E-state index contributed by atoms with van der Waals surface area (Å²) in [7, 11) is 2.43. The second-order valence-electron chi connectivity index (χ2n) is 12.9. The number of aliphatic hydroxyl groups excluding tert-OH is 1. The fourth-order valence-corrected chi connectivity index (χ4v) is 5.25. The van der Waals surface area contributed by atoms with E-state index in [9.17, 15) is 24.3 Å². The van der Waals surface area contributed by atoms with E-state index in [4.69, 9.17) is 14.2 Å². The fourth-order valence-electron chi connectivity index (χ4n) is 5.25. The highest BCUT2D eigenvalue weighted by Gasteiger charge is 2.32. The summed E-state index contributed by atoms with van der Waals surface area (Å²) in [6, 6.07) is 23.8. The summed E-state index contributed by atoms with van der Waals surface area (Å²) in [5.41, 5.74) is 5.54. The predicted octanol–water partition coefficient (Wildman–Crippen LogP) is 3.95. The molecule has 0 aliphatic rings. The molecule has 13 nitrogen and oxygen atoms in total. The van der Waals surface area contributed by atoms with Gasteiger partial charge in [-0.05, 0) is 47.1 Å². The van der Waals surface area contributed by atoms with Crippen LogP contribution in [0.25, 0.3) is 0 Å². The fraction of sp³-hybridized carbons (Fsp3) is 0.421. The highest BCUT2D eigenvalue weighted by atomic mass is 16.5. The number of amides is 4. The van der Waals surface area contributed by atoms with Crippen molar-refractivity contribution in [3.8, 4) is 5.75 Å². The number of nitrogens with one attached hydrogen (secondary N) is 4. The third-order valence-corrected chi connectivity index (χ3v) is 8.13. The van der Waals surface area contributed by atoms with Gasteiger partial charge in [-0.15, -0.1) is 0 Å². The Hall–Kier alpha value is -5.14. The average Bonchev–Trinajstić information content (AvgIpc) is 3.12. The highest BCUT2D eigenvalue weighted by Crippen LogP contribution is 2.17. The number of rotatable bonds is 18. The zero-order valence-corrected chi connectivity index (χ0v) is 30.1. The molecule has 0 fully saturated rings. The summed E-state index contributed by atoms with van der Waals surface area (Å²) < 4.78 is 15.4. The molecule has 0 saturated carbocycles. The van der Waals surface area contributed by atoms with E-state index in [-0.39, 0.29) is 31.3 Å². The minimum atomic E-state index is -1.21. The summed E-state index contributed by atoms with van der Waals surface area (Å²) in [6.07, 6.45) is -2.47. The van der Waals surface area contributed by atoms with Gasteiger partial charge >= 0.3 is 12.2 Å². The summed E-state index contributed by atoms with van der Waals surface area (Å²) in [5.74, 6) is -0.941. The molecule has 0 aromatic heterocycles. The number of hydrogen-bond donors (Lipinski definition) is 5. The summed E-state index contributed by atoms with van der Waals surface area (Å²) >= 11 is 0. The molecular formula is C38H51N5O8. The standard InChI is InChI=1S/C38H51N5O8/c1-25(2)33(40-37(47)49-5)35(45)39-31(21-27-13-9-7-10-14-27)32(44)23-43(42-36(46)34(26(3)4)41-38(48)50-6)22-28-17-19-30(20-18-28)51-24-29-15-11-8-12-16-29/h7-20,25-26,31-34,44H,21-24H2,1-6H3,(H,39,45)(H,40,47)(H,41,48)(H,42,46)/t31?,32?,33-,34-/m0/s1. The van der Waals surface area contributed by atoms with Gasteiger partial charge in [0.15, 0.2) is 0 Å². The van der Waals surface area contributed by atoms with Gasteiger partial charge in [-0.1, -0.05) is 100 Å². The maximum absolute atomic E-state index is 13.6. The Morgan fingerprint density at radius 3 is 1.69 bits per heavy atom. The zero-order valence-electron chi connectivity index (χ0n) is 30.1. The van der Waals surface area contributed by atoms with E-state index in [0.29, 0.717) is 12.4 Å². The first-order valence-corrected chi connectivity index (χ1v) is 16.9. The van der Waals surface area contributed by atoms with Crippen LogP contribution in [0.15, 0.2) is 84.9 Å². The molecule has 13 heteroatoms. The molecule has 0 heterocycles. The Kier molecular flexibility index (Phi) is 16.2. The molecule has 5 N–H and O–H groups in total. The number of hydrogen-bond acceptors (Lipinski definition) is 9. The van der Waals surface area contributed by atoms with E-state index < -0.39 is 48.2 Å². The number of carbonyl (C=O) groups is 4. The topological polar surface area (TPSA) is 168 Å². The van der Waals surface area contributed by atoms with Crippen LogP contribution in [-0.4, -0.2) is 79.1 Å². The molecule has 4 amide bonds. The van der Waals surface area contributed by atoms with Crippen LogP contribution in [0, 0.1) is 11.8 Å². The number of alkyl carbamates (subject to hydrolysis) is 2. The van der Waals surface area contributed by atoms with Crippen LogP contribution in [0.4, 0.5) is 9.59 Å². The Morgan fingerprint density at radius 2 is 1.18 bits per heavy atom. The highest BCUT2D eigenvalue weighted by molar-refractivity contribution is 5.86. The number of ether oxygens (including phenoxy) is 3. The van der Waals surface area contributed by atoms with Crippen molar-refractivity contribution in [1.29, 1.82) is 0 Å². The minimum absolute atomic E-state index is 0.115. The lowest BCUT2D eigenvalue weighted by Crippen LogP contribution is -2.59. The number of benzene rings is 3. The van der Waals surface area contributed by atoms with Crippen LogP contribution in [-0.2, 0) is 38.6 Å². The third kappa shape index (κ3) is 13.6. The minimum Gasteiger partial charge on any atom is -0.489 e. The van der Waals surface area contributed by atoms with E-state index >= 15 is 0 Å². The van der Waals surface area contributed by atoms with Gasteiger partial charge in [0.2, 0.25) is 5.91 Å². The van der Waals surface area contributed by atoms with Crippen molar-refractivity contribution < 1.29 is 38.5 Å². The molecule has 0 radical (unpaired) electrons. The molecule has 276 valence electrons. The number of hydrazine groups is 1. The number of methoxy groups -OCH3 is 2. The summed E-state index contributed by atoms with van der Waals surface area (Å²) in [6.45, 7) is 7.58. The normalized spacial score (nSPS) is 13.5. The lowest BCUT2D eigenvalue weighted by atomic mass is 9.98. The molecule has 3 aromatic carbocycles. The van der Waals surface area contributed by atoms with Gasteiger partial charge < -0.3 is 35.3 Å². The lowest BCUT2D eigenvalue weighted by molar-refractivity contribution is -0.131. The molecule has 0 aliphatic carbocycles. The first kappa shape index (κ1) is 40.3. The van der Waals surface area contributed by atoms with Crippen molar-refractivity contribution in [3.05, 3.63) is 102 Å². The molecule has 0 bridgehead atoms. The van der Waals surface area contributed by atoms with Crippen molar-refractivity contribution in [2.75, 3.05) is 20.8 Å². The molecule has 4 atom stereocenters. The van der Waals surface area contributed by atoms with Gasteiger partial charge in [-0.25, -0.2) is 14.6 Å². The molecule has 0 spiro atoms. The molecule has 2 unspecified atom stereocenters. The first-order valence-electron chi connectivity index (χ1n) is 16.9.